The van der Waals surface area contributed by atoms with E-state index in [-0.39, 0.29) is 29.5 Å². The number of carbonyl (C=O) groups is 3. The topological polar surface area (TPSA) is 93.2 Å². The summed E-state index contributed by atoms with van der Waals surface area (Å²) < 4.78 is 1.45. The minimum absolute atomic E-state index is 0.0767. The van der Waals surface area contributed by atoms with Crippen LogP contribution in [-0.2, 0) is 17.8 Å². The van der Waals surface area contributed by atoms with Gasteiger partial charge in [0.05, 0.1) is 13.0 Å². The van der Waals surface area contributed by atoms with Crippen molar-refractivity contribution in [3.05, 3.63) is 62.5 Å². The van der Waals surface area contributed by atoms with Crippen molar-refractivity contribution < 1.29 is 24.0 Å². The molecule has 0 spiro atoms. The normalized spacial score (nSPS) is 27.3. The maximum Gasteiger partial charge on any atom is 0.515 e. The molecular weight excluding hydrogens is 666 g/mol. The Balaban J connectivity index is 1.56. The Morgan fingerprint density at radius 1 is 1.12 bits per heavy atom. The number of para-hydroxylation sites is 1. The number of amides is 3. The fraction of sp³-hybridized carbons (Fsp3) is 0.516. The van der Waals surface area contributed by atoms with E-state index in [4.69, 9.17) is 0 Å². The predicted octanol–water partition coefficient (Wildman–Crippen LogP) is 5.77. The number of nitrogens with zero attached hydrogens (tertiary/aromatic N) is 4. The van der Waals surface area contributed by atoms with E-state index in [2.05, 4.69) is 61.1 Å². The van der Waals surface area contributed by atoms with Gasteiger partial charge in [0.1, 0.15) is 12.8 Å². The van der Waals surface area contributed by atoms with Crippen LogP contribution >= 0.6 is 31.9 Å². The lowest BCUT2D eigenvalue weighted by atomic mass is 9.81. The van der Waals surface area contributed by atoms with Gasteiger partial charge in [-0.25, -0.2) is 9.28 Å². The molecule has 11 heteroatoms. The molecule has 9 nitrogen and oxygen atoms in total. The molecule has 0 bridgehead atoms. The molecule has 3 heterocycles. The van der Waals surface area contributed by atoms with Gasteiger partial charge in [-0.15, -0.1) is 0 Å². The second-order valence-electron chi connectivity index (χ2n) is 12.1. The lowest BCUT2D eigenvalue weighted by Gasteiger charge is -2.59. The zero-order valence-corrected chi connectivity index (χ0v) is 27.4. The molecule has 226 valence electrons. The quantitative estimate of drug-likeness (QED) is 0.281. The van der Waals surface area contributed by atoms with Gasteiger partial charge in [-0.1, -0.05) is 50.1 Å². The minimum atomic E-state index is -1.01. The summed E-state index contributed by atoms with van der Waals surface area (Å²) in [7, 11) is 4.16. The third-order valence-electron chi connectivity index (χ3n) is 9.72. The third-order valence-corrected chi connectivity index (χ3v) is 10.6. The van der Waals surface area contributed by atoms with Crippen LogP contribution < -0.4 is 5.32 Å². The van der Waals surface area contributed by atoms with Gasteiger partial charge in [-0.2, -0.15) is 4.79 Å². The maximum absolute atomic E-state index is 13.6. The fourth-order valence-electron chi connectivity index (χ4n) is 7.54. The number of halogens is 2. The summed E-state index contributed by atoms with van der Waals surface area (Å²) in [6, 6.07) is 13.7. The van der Waals surface area contributed by atoms with E-state index in [9.17, 15) is 19.5 Å². The third kappa shape index (κ3) is 5.91. The fourth-order valence-corrected chi connectivity index (χ4v) is 8.92. The summed E-state index contributed by atoms with van der Waals surface area (Å²) >= 11 is 7.14. The first-order valence-electron chi connectivity index (χ1n) is 14.6. The molecule has 3 amide bonds. The number of hydrogen-bond donors (Lipinski definition) is 2. The molecule has 0 aromatic heterocycles. The monoisotopic (exact) mass is 704 g/mol. The highest BCUT2D eigenvalue weighted by Crippen LogP contribution is 2.46. The number of carbonyl (C=O) groups excluding carboxylic acids is 2. The summed E-state index contributed by atoms with van der Waals surface area (Å²) in [5.41, 5.74) is 1.77. The Morgan fingerprint density at radius 2 is 1.81 bits per heavy atom. The van der Waals surface area contributed by atoms with Crippen molar-refractivity contribution in [3.8, 4) is 0 Å². The van der Waals surface area contributed by atoms with E-state index in [0.29, 0.717) is 51.5 Å². The number of quaternary nitrogens is 1. The summed E-state index contributed by atoms with van der Waals surface area (Å²) in [4.78, 5) is 46.2. The van der Waals surface area contributed by atoms with Crippen molar-refractivity contribution in [1.29, 1.82) is 0 Å². The van der Waals surface area contributed by atoms with Gasteiger partial charge in [-0.3, -0.25) is 4.90 Å². The summed E-state index contributed by atoms with van der Waals surface area (Å²) in [5.74, 6) is 0. The predicted molar refractivity (Wildman–Crippen MR) is 169 cm³/mol. The van der Waals surface area contributed by atoms with Crippen LogP contribution in [0.1, 0.15) is 43.2 Å². The number of piperidine rings is 2. The molecule has 2 aromatic carbocycles. The highest BCUT2D eigenvalue weighted by molar-refractivity contribution is 9.11. The van der Waals surface area contributed by atoms with Crippen LogP contribution in [0.15, 0.2) is 51.4 Å². The van der Waals surface area contributed by atoms with E-state index in [0.717, 1.165) is 44.9 Å². The Morgan fingerprint density at radius 3 is 2.45 bits per heavy atom. The molecule has 3 aliphatic heterocycles. The van der Waals surface area contributed by atoms with Crippen LogP contribution in [0.3, 0.4) is 0 Å². The van der Waals surface area contributed by atoms with Gasteiger partial charge in [0.15, 0.2) is 5.66 Å². The Labute approximate surface area is 264 Å². The van der Waals surface area contributed by atoms with Gasteiger partial charge >= 0.3 is 12.1 Å². The highest BCUT2D eigenvalue weighted by Gasteiger charge is 2.64. The van der Waals surface area contributed by atoms with Crippen LogP contribution in [-0.4, -0.2) is 101 Å². The van der Waals surface area contributed by atoms with Crippen molar-refractivity contribution in [2.24, 2.45) is 0 Å². The number of carboxylic acid groups (broad SMARTS) is 1. The number of urea groups is 1. The number of aldehydes is 1. The summed E-state index contributed by atoms with van der Waals surface area (Å²) in [6.07, 6.45) is 3.46. The molecule has 2 fully saturated rings. The summed E-state index contributed by atoms with van der Waals surface area (Å²) in [5, 5.41) is 14.2. The molecule has 2 unspecified atom stereocenters. The Bertz CT molecular complexity index is 1310. The van der Waals surface area contributed by atoms with E-state index in [1.807, 2.05) is 47.4 Å². The average molecular weight is 707 g/mol. The second kappa shape index (κ2) is 12.7. The first-order valence-corrected chi connectivity index (χ1v) is 16.2. The van der Waals surface area contributed by atoms with Crippen molar-refractivity contribution in [3.63, 3.8) is 0 Å². The highest BCUT2D eigenvalue weighted by atomic mass is 79.9. The number of anilines is 1. The molecule has 2 aromatic rings. The van der Waals surface area contributed by atoms with Crippen molar-refractivity contribution in [2.45, 2.75) is 62.8 Å². The SMILES string of the molecule is CN(C)C1CCN(C2(CC=O)CC(N3CCc4ccccc4NC3=O)CC[N@+]2(Cc2cc(Br)cc(Br)c2)C(=O)O)CC1. The standard InChI is InChI=1S/C31H39Br2N5O4/c1-35(2)26-8-12-36(13-9-26)31(11-16-39)20-27(37-14-7-23-5-3-4-6-28(23)34-29(37)40)10-15-38(31,30(41)42)21-22-17-24(32)19-25(33)18-22/h3-6,16-19,26-27H,7-15,20-21H2,1-2H3,(H-,34,40,41,42)/p+1/t27?,31?,38-/m0/s1. The van der Waals surface area contributed by atoms with E-state index in [1.165, 1.54) is 0 Å². The van der Waals surface area contributed by atoms with E-state index < -0.39 is 11.8 Å². The van der Waals surface area contributed by atoms with E-state index >= 15 is 0 Å². The number of likely N-dealkylation sites (tertiary alicyclic amines) is 2. The number of benzene rings is 2. The smallest absolute Gasteiger partial charge is 0.435 e. The number of nitrogens with one attached hydrogen (secondary N) is 1. The van der Waals surface area contributed by atoms with Crippen LogP contribution in [0.25, 0.3) is 0 Å². The number of hydrogen-bond acceptors (Lipinski definition) is 5. The van der Waals surface area contributed by atoms with Crippen molar-refractivity contribution >= 4 is 56.0 Å². The molecule has 5 rings (SSSR count). The first kappa shape index (κ1) is 31.1. The molecule has 42 heavy (non-hydrogen) atoms. The number of fused-ring (bicyclic) bond motifs is 1. The molecule has 0 aliphatic carbocycles. The lowest BCUT2D eigenvalue weighted by Crippen LogP contribution is -2.78. The first-order chi connectivity index (χ1) is 20.1. The zero-order valence-electron chi connectivity index (χ0n) is 24.3. The van der Waals surface area contributed by atoms with Gasteiger partial charge in [-0.05, 0) is 63.2 Å². The maximum atomic E-state index is 13.6. The van der Waals surface area contributed by atoms with Gasteiger partial charge in [0.2, 0.25) is 0 Å². The number of rotatable bonds is 7. The van der Waals surface area contributed by atoms with Gasteiger partial charge in [0, 0.05) is 64.8 Å². The minimum Gasteiger partial charge on any atom is -0.435 e. The van der Waals surface area contributed by atoms with Gasteiger partial charge in [0.25, 0.3) is 0 Å². The second-order valence-corrected chi connectivity index (χ2v) is 14.0. The molecule has 0 saturated carbocycles. The molecular formula is C31H40Br2N5O4+. The summed E-state index contributed by atoms with van der Waals surface area (Å²) in [6.45, 7) is 2.47. The van der Waals surface area contributed by atoms with Crippen LogP contribution in [0.4, 0.5) is 15.3 Å². The van der Waals surface area contributed by atoms with Crippen LogP contribution in [0, 0.1) is 0 Å². The molecule has 0 radical (unpaired) electrons. The molecule has 3 aliphatic rings. The zero-order chi connectivity index (χ0) is 30.1. The van der Waals surface area contributed by atoms with Crippen molar-refractivity contribution in [2.75, 3.05) is 45.6 Å². The van der Waals surface area contributed by atoms with Crippen LogP contribution in [0.5, 0.6) is 0 Å². The Hall–Kier alpha value is -2.31. The Kier molecular flexibility index (Phi) is 9.44. The average Bonchev–Trinajstić information content (AvgIpc) is 3.11. The van der Waals surface area contributed by atoms with Crippen LogP contribution in [0.2, 0.25) is 0 Å². The van der Waals surface area contributed by atoms with Crippen molar-refractivity contribution in [1.82, 2.24) is 14.7 Å². The lowest BCUT2D eigenvalue weighted by molar-refractivity contribution is -0.942. The van der Waals surface area contributed by atoms with Gasteiger partial charge < -0.3 is 25.0 Å². The molecule has 3 atom stereocenters. The van der Waals surface area contributed by atoms with E-state index in [1.54, 1.807) is 0 Å². The molecule has 2 N–H and O–H groups in total. The largest absolute Gasteiger partial charge is 0.515 e. The molecule has 2 saturated heterocycles.